The van der Waals surface area contributed by atoms with Crippen molar-refractivity contribution < 1.29 is 4.79 Å². The maximum absolute atomic E-state index is 10.4. The Kier molecular flexibility index (Phi) is 1.89. The Hall–Kier alpha value is -0.640. The minimum Gasteiger partial charge on any atom is -0.298 e. The van der Waals surface area contributed by atoms with Crippen LogP contribution in [0, 0.1) is 6.92 Å². The van der Waals surface area contributed by atoms with E-state index in [0.717, 1.165) is 16.6 Å². The molecule has 1 heterocycles. The molecule has 0 aliphatic carbocycles. The standard InChI is InChI=1S/C6H7BrN2O/c1-4-5(3-10)6(7)9(2)8-4/h3H,1-2H3. The van der Waals surface area contributed by atoms with Crippen LogP contribution in [0.15, 0.2) is 4.60 Å². The maximum Gasteiger partial charge on any atom is 0.154 e. The molecule has 1 aromatic rings. The van der Waals surface area contributed by atoms with Gasteiger partial charge in [0, 0.05) is 7.05 Å². The fourth-order valence-electron chi connectivity index (χ4n) is 0.780. The van der Waals surface area contributed by atoms with Crippen LogP contribution >= 0.6 is 15.9 Å². The van der Waals surface area contributed by atoms with Gasteiger partial charge >= 0.3 is 0 Å². The number of hydrogen-bond donors (Lipinski definition) is 0. The van der Waals surface area contributed by atoms with E-state index in [2.05, 4.69) is 21.0 Å². The third kappa shape index (κ3) is 0.988. The lowest BCUT2D eigenvalue weighted by molar-refractivity contribution is 0.112. The lowest BCUT2D eigenvalue weighted by atomic mass is 10.3. The van der Waals surface area contributed by atoms with E-state index in [-0.39, 0.29) is 0 Å². The van der Waals surface area contributed by atoms with Gasteiger partial charge in [-0.1, -0.05) is 0 Å². The summed E-state index contributed by atoms with van der Waals surface area (Å²) in [6, 6.07) is 0. The van der Waals surface area contributed by atoms with Crippen molar-refractivity contribution in [1.29, 1.82) is 0 Å². The molecule has 4 heteroatoms. The molecule has 0 radical (unpaired) electrons. The zero-order valence-electron chi connectivity index (χ0n) is 5.76. The van der Waals surface area contributed by atoms with Crippen molar-refractivity contribution in [2.45, 2.75) is 6.92 Å². The van der Waals surface area contributed by atoms with Crippen molar-refractivity contribution in [2.75, 3.05) is 0 Å². The zero-order valence-corrected chi connectivity index (χ0v) is 7.34. The van der Waals surface area contributed by atoms with Crippen LogP contribution in [0.4, 0.5) is 0 Å². The van der Waals surface area contributed by atoms with E-state index in [1.54, 1.807) is 18.7 Å². The summed E-state index contributed by atoms with van der Waals surface area (Å²) in [7, 11) is 1.78. The Labute approximate surface area is 67.2 Å². The number of carbonyl (C=O) groups excluding carboxylic acids is 1. The Balaban J connectivity index is 3.33. The molecule has 0 aromatic carbocycles. The third-order valence-corrected chi connectivity index (χ3v) is 2.25. The van der Waals surface area contributed by atoms with Gasteiger partial charge in [0.25, 0.3) is 0 Å². The lowest BCUT2D eigenvalue weighted by Gasteiger charge is -1.87. The van der Waals surface area contributed by atoms with Gasteiger partial charge in [0.15, 0.2) is 6.29 Å². The molecular weight excluding hydrogens is 196 g/mol. The highest BCUT2D eigenvalue weighted by atomic mass is 79.9. The van der Waals surface area contributed by atoms with E-state index in [9.17, 15) is 4.79 Å². The second-order valence-corrected chi connectivity index (χ2v) is 2.78. The monoisotopic (exact) mass is 202 g/mol. The number of carbonyl (C=O) groups is 1. The molecule has 10 heavy (non-hydrogen) atoms. The first-order valence-corrected chi connectivity index (χ1v) is 3.60. The van der Waals surface area contributed by atoms with Gasteiger partial charge < -0.3 is 0 Å². The number of aromatic nitrogens is 2. The average molecular weight is 203 g/mol. The zero-order chi connectivity index (χ0) is 7.72. The Bertz CT molecular complexity index is 267. The molecule has 1 aromatic heterocycles. The average Bonchev–Trinajstić information content (AvgIpc) is 2.09. The highest BCUT2D eigenvalue weighted by molar-refractivity contribution is 9.10. The van der Waals surface area contributed by atoms with Gasteiger partial charge in [0.05, 0.1) is 11.3 Å². The van der Waals surface area contributed by atoms with Gasteiger partial charge in [-0.05, 0) is 22.9 Å². The summed E-state index contributed by atoms with van der Waals surface area (Å²) in [5.74, 6) is 0. The van der Waals surface area contributed by atoms with Crippen molar-refractivity contribution in [3.63, 3.8) is 0 Å². The van der Waals surface area contributed by atoms with Crippen LogP contribution in [-0.2, 0) is 7.05 Å². The van der Waals surface area contributed by atoms with Gasteiger partial charge in [-0.3, -0.25) is 9.48 Å². The van der Waals surface area contributed by atoms with E-state index in [0.29, 0.717) is 5.56 Å². The predicted octanol–water partition coefficient (Wildman–Crippen LogP) is 1.30. The van der Waals surface area contributed by atoms with Crippen molar-refractivity contribution >= 4 is 22.2 Å². The minimum absolute atomic E-state index is 0.627. The van der Waals surface area contributed by atoms with Crippen LogP contribution < -0.4 is 0 Å². The number of halogens is 1. The predicted molar refractivity (Wildman–Crippen MR) is 41.0 cm³/mol. The van der Waals surface area contributed by atoms with Crippen LogP contribution in [-0.4, -0.2) is 16.1 Å². The quantitative estimate of drug-likeness (QED) is 0.644. The molecule has 0 amide bonds. The van der Waals surface area contributed by atoms with Gasteiger partial charge in [-0.25, -0.2) is 0 Å². The van der Waals surface area contributed by atoms with Gasteiger partial charge in [0.2, 0.25) is 0 Å². The third-order valence-electron chi connectivity index (χ3n) is 1.31. The summed E-state index contributed by atoms with van der Waals surface area (Å²) in [5.41, 5.74) is 1.38. The van der Waals surface area contributed by atoms with Crippen molar-refractivity contribution in [1.82, 2.24) is 9.78 Å². The Morgan fingerprint density at radius 3 is 2.50 bits per heavy atom. The molecule has 0 spiro atoms. The van der Waals surface area contributed by atoms with Crippen molar-refractivity contribution in [3.05, 3.63) is 15.9 Å². The fourth-order valence-corrected chi connectivity index (χ4v) is 1.24. The van der Waals surface area contributed by atoms with E-state index < -0.39 is 0 Å². The first kappa shape index (κ1) is 7.47. The summed E-state index contributed by atoms with van der Waals surface area (Å²) in [5, 5.41) is 4.02. The van der Waals surface area contributed by atoms with Crippen LogP contribution in [0.25, 0.3) is 0 Å². The normalized spacial score (nSPS) is 9.90. The molecular formula is C6H7BrN2O. The lowest BCUT2D eigenvalue weighted by Crippen LogP contribution is -1.89. The Morgan fingerprint density at radius 1 is 1.70 bits per heavy atom. The van der Waals surface area contributed by atoms with Gasteiger partial charge in [-0.2, -0.15) is 5.10 Å². The van der Waals surface area contributed by atoms with Crippen LogP contribution in [0.1, 0.15) is 16.1 Å². The summed E-state index contributed by atoms with van der Waals surface area (Å²) < 4.78 is 2.36. The number of aryl methyl sites for hydroxylation is 2. The van der Waals surface area contributed by atoms with E-state index >= 15 is 0 Å². The maximum atomic E-state index is 10.4. The molecule has 1 rings (SSSR count). The van der Waals surface area contributed by atoms with Crippen molar-refractivity contribution in [2.24, 2.45) is 7.05 Å². The molecule has 0 unspecified atom stereocenters. The number of aldehydes is 1. The first-order valence-electron chi connectivity index (χ1n) is 2.81. The SMILES string of the molecule is Cc1nn(C)c(Br)c1C=O. The topological polar surface area (TPSA) is 34.9 Å². The molecule has 0 N–H and O–H groups in total. The summed E-state index contributed by atoms with van der Waals surface area (Å²) in [6.07, 6.45) is 0.798. The fraction of sp³-hybridized carbons (Fsp3) is 0.333. The van der Waals surface area contributed by atoms with Crippen LogP contribution in [0.5, 0.6) is 0 Å². The molecule has 0 aliphatic heterocycles. The van der Waals surface area contributed by atoms with E-state index in [1.807, 2.05) is 0 Å². The Morgan fingerprint density at radius 2 is 2.30 bits per heavy atom. The highest BCUT2D eigenvalue weighted by Crippen LogP contribution is 2.16. The van der Waals surface area contributed by atoms with Gasteiger partial charge in [-0.15, -0.1) is 0 Å². The smallest absolute Gasteiger partial charge is 0.154 e. The van der Waals surface area contributed by atoms with Gasteiger partial charge in [0.1, 0.15) is 4.60 Å². The molecule has 0 atom stereocenters. The van der Waals surface area contributed by atoms with Crippen molar-refractivity contribution in [3.8, 4) is 0 Å². The number of hydrogen-bond acceptors (Lipinski definition) is 2. The van der Waals surface area contributed by atoms with E-state index in [4.69, 9.17) is 0 Å². The number of nitrogens with zero attached hydrogens (tertiary/aromatic N) is 2. The largest absolute Gasteiger partial charge is 0.298 e. The second kappa shape index (κ2) is 2.54. The molecule has 0 saturated carbocycles. The molecule has 0 bridgehead atoms. The van der Waals surface area contributed by atoms with Crippen LogP contribution in [0.3, 0.4) is 0 Å². The molecule has 0 fully saturated rings. The first-order chi connectivity index (χ1) is 4.66. The molecule has 0 aliphatic rings. The molecule has 54 valence electrons. The molecule has 0 saturated heterocycles. The summed E-state index contributed by atoms with van der Waals surface area (Å²) in [6.45, 7) is 1.80. The molecule has 3 nitrogen and oxygen atoms in total. The highest BCUT2D eigenvalue weighted by Gasteiger charge is 2.07. The summed E-state index contributed by atoms with van der Waals surface area (Å²) >= 11 is 3.23. The number of rotatable bonds is 1. The summed E-state index contributed by atoms with van der Waals surface area (Å²) in [4.78, 5) is 10.4. The second-order valence-electron chi connectivity index (χ2n) is 2.03. The minimum atomic E-state index is 0.627. The van der Waals surface area contributed by atoms with Crippen LogP contribution in [0.2, 0.25) is 0 Å². The van der Waals surface area contributed by atoms with E-state index in [1.165, 1.54) is 0 Å².